The molecule has 4 heterocycles. The molecular weight excluding hydrogens is 1020 g/mol. The molecule has 2 aromatic rings. The van der Waals surface area contributed by atoms with Crippen molar-refractivity contribution < 1.29 is 67.4 Å². The van der Waals surface area contributed by atoms with Gasteiger partial charge >= 0.3 is 0 Å². The fourth-order valence-corrected chi connectivity index (χ4v) is 12.2. The average molecular weight is 1090 g/mol. The lowest BCUT2D eigenvalue weighted by atomic mass is 9.85. The van der Waals surface area contributed by atoms with E-state index in [0.29, 0.717) is 41.5 Å². The van der Waals surface area contributed by atoms with Crippen molar-refractivity contribution in [1.82, 2.24) is 41.8 Å². The number of Topliss-reactive ketones (excluding diaryl/α,β-unsaturated/α-hetero) is 2. The summed E-state index contributed by atoms with van der Waals surface area (Å²) in [5.74, 6) is -11.5. The number of aromatic amines is 1. The summed E-state index contributed by atoms with van der Waals surface area (Å²) in [5.41, 5.74) is 6.19. The highest BCUT2D eigenvalue weighted by Gasteiger charge is 2.45. The first-order valence-electron chi connectivity index (χ1n) is 24.8. The average Bonchev–Trinajstić information content (AvgIpc) is 3.93. The summed E-state index contributed by atoms with van der Waals surface area (Å²) in [5, 5.41) is 48.2. The van der Waals surface area contributed by atoms with Gasteiger partial charge < -0.3 is 67.6 Å². The van der Waals surface area contributed by atoms with E-state index in [4.69, 9.17) is 10.5 Å². The van der Waals surface area contributed by atoms with E-state index < -0.39 is 175 Å². The number of nitrogens with zero attached hydrogens (tertiary/aromatic N) is 1. The van der Waals surface area contributed by atoms with E-state index in [0.717, 1.165) is 17.2 Å². The minimum absolute atomic E-state index is 0.0336. The number of amides is 7. The van der Waals surface area contributed by atoms with Crippen molar-refractivity contribution in [2.75, 3.05) is 56.7 Å². The van der Waals surface area contributed by atoms with Crippen LogP contribution < -0.4 is 42.4 Å². The summed E-state index contributed by atoms with van der Waals surface area (Å²) < 4.78 is 21.1. The monoisotopic (exact) mass is 1090 g/mol. The molecule has 5 rings (SSSR count). The largest absolute Gasteiger partial charge is 0.493 e. The molecule has 0 saturated carbocycles. The van der Waals surface area contributed by atoms with Crippen molar-refractivity contribution in [3.8, 4) is 5.75 Å². The Morgan fingerprint density at radius 1 is 0.905 bits per heavy atom. The van der Waals surface area contributed by atoms with Crippen molar-refractivity contribution in [2.24, 2.45) is 29.4 Å². The molecule has 74 heavy (non-hydrogen) atoms. The van der Waals surface area contributed by atoms with Gasteiger partial charge in [0.1, 0.15) is 22.9 Å². The second-order valence-corrected chi connectivity index (χ2v) is 23.5. The minimum Gasteiger partial charge on any atom is -0.493 e. The predicted molar refractivity (Wildman–Crippen MR) is 277 cm³/mol. The maximum Gasteiger partial charge on any atom is 0.243 e. The molecule has 2 unspecified atom stereocenters. The first-order valence-corrected chi connectivity index (χ1v) is 28.6. The van der Waals surface area contributed by atoms with Gasteiger partial charge in [-0.25, -0.2) is 0 Å². The maximum atomic E-state index is 15.0. The molecule has 26 heteroatoms. The van der Waals surface area contributed by atoms with Crippen LogP contribution in [0.2, 0.25) is 0 Å². The van der Waals surface area contributed by atoms with Crippen LogP contribution in [0.5, 0.6) is 5.75 Å². The molecule has 0 spiro atoms. The van der Waals surface area contributed by atoms with E-state index in [1.165, 1.54) is 6.92 Å². The summed E-state index contributed by atoms with van der Waals surface area (Å²) in [6.45, 7) is 7.42. The number of H-pyrrole nitrogens is 1. The molecule has 410 valence electrons. The highest BCUT2D eigenvalue weighted by Crippen LogP contribution is 2.33. The second kappa shape index (κ2) is 28.1. The molecule has 0 aliphatic carbocycles. The topological polar surface area (TPSA) is 358 Å². The number of hydrogen-bond donors (Lipinski definition) is 11. The van der Waals surface area contributed by atoms with Gasteiger partial charge in [0, 0.05) is 79.6 Å². The predicted octanol–water partition coefficient (Wildman–Crippen LogP) is -1.69. The second-order valence-electron chi connectivity index (χ2n) is 19.3. The quantitative estimate of drug-likeness (QED) is 0.0660. The van der Waals surface area contributed by atoms with Crippen LogP contribution in [0, 0.1) is 23.7 Å². The SMILES string of the molecule is CC[C@H](C)[C@@H]1NC(=O)CNC(=O)[C@H]2CC(=O)[C@H]([C@@H](C)[C@@H](O)CO)NC(=O)[C@@H]3CC(O)CN3C(=O)[C@H](CC(N)=O)CC(=O)C(C[S@@](=O)c3[nH]c4cc(OCCSSCCNC(C)C)ccc4c3C2)NC(=O)CNC1=O. The summed E-state index contributed by atoms with van der Waals surface area (Å²) in [7, 11) is 1.03. The van der Waals surface area contributed by atoms with Gasteiger partial charge in [-0.2, -0.15) is 0 Å². The molecule has 3 aliphatic heterocycles. The van der Waals surface area contributed by atoms with Crippen molar-refractivity contribution in [3.63, 3.8) is 0 Å². The lowest BCUT2D eigenvalue weighted by Crippen LogP contribution is -2.56. The van der Waals surface area contributed by atoms with Crippen LogP contribution in [-0.4, -0.2) is 181 Å². The zero-order valence-corrected chi connectivity index (χ0v) is 44.7. The number of ketones is 2. The zero-order valence-electron chi connectivity index (χ0n) is 42.3. The Balaban J connectivity index is 1.68. The van der Waals surface area contributed by atoms with Crippen LogP contribution in [0.15, 0.2) is 23.2 Å². The molecule has 12 N–H and O–H groups in total. The van der Waals surface area contributed by atoms with Crippen LogP contribution in [0.4, 0.5) is 0 Å². The number of carbonyl (C=O) groups is 9. The van der Waals surface area contributed by atoms with E-state index in [1.54, 1.807) is 53.6 Å². The Bertz CT molecular complexity index is 2410. The van der Waals surface area contributed by atoms with Crippen molar-refractivity contribution >= 4 is 96.2 Å². The number of aliphatic hydroxyl groups is 3. The Morgan fingerprint density at radius 3 is 2.27 bits per heavy atom. The van der Waals surface area contributed by atoms with Gasteiger partial charge in [-0.1, -0.05) is 62.6 Å². The van der Waals surface area contributed by atoms with Gasteiger partial charge in [0.2, 0.25) is 41.4 Å². The molecule has 3 aliphatic rings. The Morgan fingerprint density at radius 2 is 1.59 bits per heavy atom. The van der Waals surface area contributed by atoms with Gasteiger partial charge in [0.05, 0.1) is 78.6 Å². The summed E-state index contributed by atoms with van der Waals surface area (Å²) in [6.07, 6.45) is -5.45. The van der Waals surface area contributed by atoms with Gasteiger partial charge in [0.25, 0.3) is 0 Å². The third-order valence-electron chi connectivity index (χ3n) is 13.4. The number of ether oxygens (including phenoxy) is 1. The lowest BCUT2D eigenvalue weighted by molar-refractivity contribution is -0.145. The van der Waals surface area contributed by atoms with Crippen LogP contribution in [0.25, 0.3) is 10.9 Å². The van der Waals surface area contributed by atoms with Crippen LogP contribution in [-0.2, 0) is 60.4 Å². The van der Waals surface area contributed by atoms with E-state index in [9.17, 15) is 62.7 Å². The van der Waals surface area contributed by atoms with Crippen LogP contribution in [0.1, 0.15) is 72.3 Å². The van der Waals surface area contributed by atoms with Crippen molar-refractivity contribution in [1.29, 1.82) is 0 Å². The minimum atomic E-state index is -2.30. The number of aliphatic hydroxyl groups excluding tert-OH is 3. The van der Waals surface area contributed by atoms with Crippen LogP contribution >= 0.6 is 21.6 Å². The maximum absolute atomic E-state index is 15.0. The molecular formula is C48H71N9O14S3. The summed E-state index contributed by atoms with van der Waals surface area (Å²) in [6, 6.07) is -0.689. The Labute approximate surface area is 439 Å². The Kier molecular flexibility index (Phi) is 22.7. The van der Waals surface area contributed by atoms with E-state index in [-0.39, 0.29) is 23.4 Å². The van der Waals surface area contributed by atoms with Gasteiger partial charge in [-0.3, -0.25) is 47.4 Å². The van der Waals surface area contributed by atoms with Gasteiger partial charge in [-0.15, -0.1) is 0 Å². The number of rotatable bonds is 16. The number of carbonyl (C=O) groups excluding carboxylic acids is 9. The molecule has 11 atom stereocenters. The zero-order chi connectivity index (χ0) is 54.4. The molecule has 7 amide bonds. The standard InChI is InChI=1S/C48H71N9O14S3/c1-6-25(4)42-46(68)52-19-40(64)53-34-23-74(70)47-32(31-8-7-30(18-33(31)54-47)71-10-12-73-72-11-9-50-24(2)3)13-27(44(66)51-20-41(65)55-42)14-37(61)43(26(5)38(62)22-58)56-45(67)35-17-29(59)21-57(35)48(69)28(15-36(34)60)16-39(49)63/h7-8,18,24-29,34-35,38,42-43,50,54,58-59,62H,6,9-17,19-23H2,1-5H3,(H2,49,63)(H,51,66)(H,52,68)(H,53,64)(H,55,65)(H,56,67)/t25-,26-,27+,28-,29?,34?,35-,38-,42-,43-,74+/m0/s1. The van der Waals surface area contributed by atoms with Crippen molar-refractivity contribution in [2.45, 2.75) is 121 Å². The summed E-state index contributed by atoms with van der Waals surface area (Å²) in [4.78, 5) is 130. The number of nitrogens with one attached hydrogen (secondary N) is 7. The van der Waals surface area contributed by atoms with Gasteiger partial charge in [0.15, 0.2) is 11.6 Å². The highest BCUT2D eigenvalue weighted by molar-refractivity contribution is 8.76. The molecule has 1 fully saturated rings. The number of aromatic nitrogens is 1. The van der Waals surface area contributed by atoms with E-state index in [1.807, 2.05) is 0 Å². The summed E-state index contributed by atoms with van der Waals surface area (Å²) >= 11 is 0. The number of benzene rings is 1. The first-order chi connectivity index (χ1) is 35.1. The lowest BCUT2D eigenvalue weighted by Gasteiger charge is -2.32. The molecule has 1 aromatic heterocycles. The van der Waals surface area contributed by atoms with E-state index >= 15 is 0 Å². The highest BCUT2D eigenvalue weighted by atomic mass is 33.1. The number of nitrogens with two attached hydrogens (primary N) is 1. The van der Waals surface area contributed by atoms with E-state index in [2.05, 4.69) is 50.7 Å². The third kappa shape index (κ3) is 16.4. The van der Waals surface area contributed by atoms with Crippen molar-refractivity contribution in [3.05, 3.63) is 23.8 Å². The fraction of sp³-hybridized carbons (Fsp3) is 0.646. The van der Waals surface area contributed by atoms with Crippen LogP contribution in [0.3, 0.4) is 0 Å². The number of primary amides is 1. The molecule has 1 saturated heterocycles. The third-order valence-corrected chi connectivity index (χ3v) is 17.2. The molecule has 1 aromatic carbocycles. The molecule has 2 bridgehead atoms. The smallest absolute Gasteiger partial charge is 0.243 e. The van der Waals surface area contributed by atoms with Gasteiger partial charge in [-0.05, 0) is 30.0 Å². The number of hydrogen-bond acceptors (Lipinski definition) is 17. The number of fused-ring (bicyclic) bond motifs is 5. The molecule has 23 nitrogen and oxygen atoms in total. The fourth-order valence-electron chi connectivity index (χ4n) is 9.04. The Hall–Kier alpha value is -5.12. The molecule has 0 radical (unpaired) electrons. The first kappa shape index (κ1) is 59.8. The normalized spacial score (nSPS) is 26.5.